The Morgan fingerprint density at radius 1 is 1.59 bits per heavy atom. The number of rotatable bonds is 1. The predicted octanol–water partition coefficient (Wildman–Crippen LogP) is 3.01. The first kappa shape index (κ1) is 13.1. The molecular weight excluding hydrogens is 279 g/mol. The number of nitrogens with two attached hydrogens (primary N) is 1. The molecule has 2 unspecified atom stereocenters. The van der Waals surface area contributed by atoms with Crippen LogP contribution in [0.15, 0.2) is 6.07 Å². The van der Waals surface area contributed by atoms with Gasteiger partial charge in [-0.1, -0.05) is 23.2 Å². The van der Waals surface area contributed by atoms with E-state index in [1.807, 2.05) is 11.8 Å². The van der Waals surface area contributed by atoms with Crippen LogP contribution in [-0.2, 0) is 0 Å². The standard InChI is InChI=1S/C11H14Cl2N2OS/c1-6-4-7(14)2-3-15(6)11(16)8-5-9(12)17-10(8)13/h5-7H,2-4,14H2,1H3. The molecule has 0 aliphatic carbocycles. The molecule has 1 fully saturated rings. The van der Waals surface area contributed by atoms with Crippen LogP contribution in [-0.4, -0.2) is 29.4 Å². The molecule has 0 bridgehead atoms. The first-order chi connectivity index (χ1) is 7.99. The molecule has 1 amide bonds. The fourth-order valence-corrected chi connectivity index (χ4v) is 3.60. The number of likely N-dealkylation sites (tertiary alicyclic amines) is 1. The van der Waals surface area contributed by atoms with Crippen LogP contribution in [0.2, 0.25) is 8.67 Å². The Morgan fingerprint density at radius 2 is 2.29 bits per heavy atom. The minimum Gasteiger partial charge on any atom is -0.336 e. The molecule has 2 N–H and O–H groups in total. The van der Waals surface area contributed by atoms with Gasteiger partial charge in [0.15, 0.2) is 0 Å². The molecule has 2 heterocycles. The van der Waals surface area contributed by atoms with Gasteiger partial charge in [0.2, 0.25) is 0 Å². The lowest BCUT2D eigenvalue weighted by Gasteiger charge is -2.36. The van der Waals surface area contributed by atoms with Gasteiger partial charge in [-0.15, -0.1) is 11.3 Å². The number of hydrogen-bond acceptors (Lipinski definition) is 3. The van der Waals surface area contributed by atoms with E-state index < -0.39 is 0 Å². The van der Waals surface area contributed by atoms with Crippen molar-refractivity contribution in [3.05, 3.63) is 20.3 Å². The minimum atomic E-state index is -0.0439. The Labute approximate surface area is 114 Å². The predicted molar refractivity (Wildman–Crippen MR) is 72.0 cm³/mol. The fraction of sp³-hybridized carbons (Fsp3) is 0.545. The maximum atomic E-state index is 12.3. The second-order valence-corrected chi connectivity index (χ2v) is 6.66. The summed E-state index contributed by atoms with van der Waals surface area (Å²) in [6, 6.07) is 1.98. The molecule has 1 aliphatic heterocycles. The van der Waals surface area contributed by atoms with Crippen molar-refractivity contribution >= 4 is 40.4 Å². The molecular formula is C11H14Cl2N2OS. The Kier molecular flexibility index (Phi) is 3.98. The number of carbonyl (C=O) groups excluding carboxylic acids is 1. The topological polar surface area (TPSA) is 46.3 Å². The summed E-state index contributed by atoms with van der Waals surface area (Å²) in [6.45, 7) is 2.70. The molecule has 1 aliphatic rings. The lowest BCUT2D eigenvalue weighted by atomic mass is 9.98. The summed E-state index contributed by atoms with van der Waals surface area (Å²) in [4.78, 5) is 14.1. The van der Waals surface area contributed by atoms with Gasteiger partial charge in [0.05, 0.1) is 9.90 Å². The van der Waals surface area contributed by atoms with E-state index in [2.05, 4.69) is 0 Å². The van der Waals surface area contributed by atoms with Crippen molar-refractivity contribution < 1.29 is 4.79 Å². The van der Waals surface area contributed by atoms with Gasteiger partial charge in [-0.05, 0) is 25.8 Å². The number of nitrogens with zero attached hydrogens (tertiary/aromatic N) is 1. The summed E-state index contributed by atoms with van der Waals surface area (Å²) in [5, 5.41) is 0. The third-order valence-corrected chi connectivity index (χ3v) is 4.55. The zero-order chi connectivity index (χ0) is 12.6. The van der Waals surface area contributed by atoms with Crippen LogP contribution >= 0.6 is 34.5 Å². The van der Waals surface area contributed by atoms with Crippen molar-refractivity contribution in [3.8, 4) is 0 Å². The maximum Gasteiger partial charge on any atom is 0.256 e. The van der Waals surface area contributed by atoms with Crippen molar-refractivity contribution in [2.24, 2.45) is 5.73 Å². The zero-order valence-electron chi connectivity index (χ0n) is 9.45. The Morgan fingerprint density at radius 3 is 2.82 bits per heavy atom. The number of carbonyl (C=O) groups is 1. The molecule has 2 rings (SSSR count). The smallest absolute Gasteiger partial charge is 0.256 e. The Balaban J connectivity index is 2.17. The maximum absolute atomic E-state index is 12.3. The van der Waals surface area contributed by atoms with E-state index in [1.54, 1.807) is 6.07 Å². The third-order valence-electron chi connectivity index (χ3n) is 3.06. The van der Waals surface area contributed by atoms with Gasteiger partial charge < -0.3 is 10.6 Å². The lowest BCUT2D eigenvalue weighted by Crippen LogP contribution is -2.48. The minimum absolute atomic E-state index is 0.0439. The van der Waals surface area contributed by atoms with Crippen molar-refractivity contribution in [3.63, 3.8) is 0 Å². The van der Waals surface area contributed by atoms with Gasteiger partial charge in [-0.3, -0.25) is 4.79 Å². The average Bonchev–Trinajstić information content (AvgIpc) is 2.57. The highest BCUT2D eigenvalue weighted by molar-refractivity contribution is 7.20. The van der Waals surface area contributed by atoms with Crippen LogP contribution in [0.5, 0.6) is 0 Å². The Bertz CT molecular complexity index is 435. The highest BCUT2D eigenvalue weighted by Crippen LogP contribution is 2.33. The zero-order valence-corrected chi connectivity index (χ0v) is 11.8. The van der Waals surface area contributed by atoms with E-state index in [0.29, 0.717) is 20.8 Å². The highest BCUT2D eigenvalue weighted by Gasteiger charge is 2.29. The molecule has 94 valence electrons. The number of halogens is 2. The van der Waals surface area contributed by atoms with E-state index in [0.717, 1.165) is 12.8 Å². The van der Waals surface area contributed by atoms with Gasteiger partial charge in [-0.2, -0.15) is 0 Å². The summed E-state index contributed by atoms with van der Waals surface area (Å²) in [5.74, 6) is -0.0439. The lowest BCUT2D eigenvalue weighted by molar-refractivity contribution is 0.0620. The Hall–Kier alpha value is -0.290. The monoisotopic (exact) mass is 292 g/mol. The summed E-state index contributed by atoms with van der Waals surface area (Å²) < 4.78 is 1.00. The van der Waals surface area contributed by atoms with E-state index in [-0.39, 0.29) is 18.0 Å². The van der Waals surface area contributed by atoms with Gasteiger partial charge in [0, 0.05) is 18.6 Å². The quantitative estimate of drug-likeness (QED) is 0.865. The molecule has 17 heavy (non-hydrogen) atoms. The summed E-state index contributed by atoms with van der Waals surface area (Å²) in [6.07, 6.45) is 1.67. The fourth-order valence-electron chi connectivity index (χ4n) is 2.15. The molecule has 2 atom stereocenters. The van der Waals surface area contributed by atoms with Crippen molar-refractivity contribution in [2.75, 3.05) is 6.54 Å². The molecule has 0 aromatic carbocycles. The third kappa shape index (κ3) is 2.76. The first-order valence-corrected chi connectivity index (χ1v) is 7.07. The van der Waals surface area contributed by atoms with Crippen molar-refractivity contribution in [2.45, 2.75) is 31.8 Å². The van der Waals surface area contributed by atoms with Crippen molar-refractivity contribution in [1.82, 2.24) is 4.90 Å². The van der Waals surface area contributed by atoms with E-state index >= 15 is 0 Å². The van der Waals surface area contributed by atoms with Crippen LogP contribution < -0.4 is 5.73 Å². The van der Waals surface area contributed by atoms with Gasteiger partial charge >= 0.3 is 0 Å². The summed E-state index contributed by atoms with van der Waals surface area (Å²) >= 11 is 13.1. The molecule has 6 heteroatoms. The molecule has 3 nitrogen and oxygen atoms in total. The number of hydrogen-bond donors (Lipinski definition) is 1. The first-order valence-electron chi connectivity index (χ1n) is 5.50. The molecule has 1 saturated heterocycles. The summed E-state index contributed by atoms with van der Waals surface area (Å²) in [5.41, 5.74) is 6.38. The molecule has 0 saturated carbocycles. The molecule has 0 spiro atoms. The second-order valence-electron chi connectivity index (χ2n) is 4.37. The van der Waals surface area contributed by atoms with E-state index in [9.17, 15) is 4.79 Å². The number of thiophene rings is 1. The van der Waals surface area contributed by atoms with Crippen LogP contribution in [0.4, 0.5) is 0 Å². The number of piperidine rings is 1. The second kappa shape index (κ2) is 5.14. The largest absolute Gasteiger partial charge is 0.336 e. The molecule has 0 radical (unpaired) electrons. The van der Waals surface area contributed by atoms with Crippen LogP contribution in [0, 0.1) is 0 Å². The van der Waals surface area contributed by atoms with Crippen LogP contribution in [0.3, 0.4) is 0 Å². The van der Waals surface area contributed by atoms with Crippen LogP contribution in [0.1, 0.15) is 30.1 Å². The SMILES string of the molecule is CC1CC(N)CCN1C(=O)c1cc(Cl)sc1Cl. The van der Waals surface area contributed by atoms with Gasteiger partial charge in [0.1, 0.15) is 4.34 Å². The molecule has 1 aromatic heterocycles. The van der Waals surface area contributed by atoms with E-state index in [4.69, 9.17) is 28.9 Å². The van der Waals surface area contributed by atoms with E-state index in [1.165, 1.54) is 11.3 Å². The van der Waals surface area contributed by atoms with Crippen molar-refractivity contribution in [1.29, 1.82) is 0 Å². The molecule has 1 aromatic rings. The van der Waals surface area contributed by atoms with Gasteiger partial charge in [0.25, 0.3) is 5.91 Å². The number of amides is 1. The highest BCUT2D eigenvalue weighted by atomic mass is 35.5. The normalized spacial score (nSPS) is 25.1. The van der Waals surface area contributed by atoms with Gasteiger partial charge in [-0.25, -0.2) is 0 Å². The van der Waals surface area contributed by atoms with Crippen LogP contribution in [0.25, 0.3) is 0 Å². The summed E-state index contributed by atoms with van der Waals surface area (Å²) in [7, 11) is 0. The average molecular weight is 293 g/mol.